The van der Waals surface area contributed by atoms with Crippen molar-refractivity contribution < 1.29 is 9.47 Å². The van der Waals surface area contributed by atoms with Gasteiger partial charge in [0, 0.05) is 23.5 Å². The fraction of sp³-hybridized carbons (Fsp3) is 0.478. The zero-order chi connectivity index (χ0) is 22.3. The van der Waals surface area contributed by atoms with E-state index >= 15 is 0 Å². The Morgan fingerprint density at radius 3 is 2.62 bits per heavy atom. The van der Waals surface area contributed by atoms with Gasteiger partial charge in [0.25, 0.3) is 0 Å². The van der Waals surface area contributed by atoms with Gasteiger partial charge in [0.2, 0.25) is 0 Å². The highest BCUT2D eigenvalue weighted by atomic mass is 16.7. The standard InChI is InChI=1S/C23H29N7O2/c1-5-18(6-2)29-12-17(10-26-29)22-21-7-8-24-30(21)14-20(27-22)16-9-25-28(11-16)13-19-15-31-23(3,4)32-19/h7-12,14,18-19H,5-6,13,15H2,1-4H3/t19-/m0/s1. The van der Waals surface area contributed by atoms with Crippen LogP contribution in [0.25, 0.3) is 28.0 Å². The van der Waals surface area contributed by atoms with Crippen LogP contribution in [0.3, 0.4) is 0 Å². The van der Waals surface area contributed by atoms with Crippen LogP contribution < -0.4 is 0 Å². The molecule has 0 N–H and O–H groups in total. The highest BCUT2D eigenvalue weighted by molar-refractivity contribution is 5.78. The molecule has 0 unspecified atom stereocenters. The molecule has 1 saturated heterocycles. The lowest BCUT2D eigenvalue weighted by Crippen LogP contribution is -2.24. The fourth-order valence-electron chi connectivity index (χ4n) is 4.26. The summed E-state index contributed by atoms with van der Waals surface area (Å²) < 4.78 is 17.4. The maximum Gasteiger partial charge on any atom is 0.163 e. The average molecular weight is 436 g/mol. The van der Waals surface area contributed by atoms with Crippen molar-refractivity contribution in [3.8, 4) is 22.5 Å². The van der Waals surface area contributed by atoms with E-state index in [1.54, 1.807) is 6.20 Å². The number of rotatable bonds is 7. The van der Waals surface area contributed by atoms with Gasteiger partial charge in [-0.3, -0.25) is 9.36 Å². The Hall–Kier alpha value is -3.04. The summed E-state index contributed by atoms with van der Waals surface area (Å²) in [7, 11) is 0. The van der Waals surface area contributed by atoms with Gasteiger partial charge in [-0.2, -0.15) is 15.3 Å². The number of fused-ring (bicyclic) bond motifs is 1. The summed E-state index contributed by atoms with van der Waals surface area (Å²) >= 11 is 0. The molecule has 9 nitrogen and oxygen atoms in total. The highest BCUT2D eigenvalue weighted by Gasteiger charge is 2.32. The van der Waals surface area contributed by atoms with Crippen LogP contribution in [0, 0.1) is 0 Å². The molecule has 4 aromatic rings. The van der Waals surface area contributed by atoms with Crippen molar-refractivity contribution >= 4 is 5.52 Å². The maximum atomic E-state index is 5.91. The van der Waals surface area contributed by atoms with Crippen LogP contribution in [-0.4, -0.2) is 52.7 Å². The van der Waals surface area contributed by atoms with E-state index in [-0.39, 0.29) is 6.10 Å². The first-order valence-electron chi connectivity index (χ1n) is 11.2. The van der Waals surface area contributed by atoms with Crippen molar-refractivity contribution in [2.45, 2.75) is 65.0 Å². The summed E-state index contributed by atoms with van der Waals surface area (Å²) in [4.78, 5) is 4.98. The first kappa shape index (κ1) is 20.8. The average Bonchev–Trinajstić information content (AvgIpc) is 3.55. The molecule has 1 aliphatic heterocycles. The van der Waals surface area contributed by atoms with Crippen molar-refractivity contribution in [2.24, 2.45) is 0 Å². The minimum Gasteiger partial charge on any atom is -0.348 e. The summed E-state index contributed by atoms with van der Waals surface area (Å²) in [6, 6.07) is 2.36. The van der Waals surface area contributed by atoms with E-state index in [0.29, 0.717) is 19.2 Å². The van der Waals surface area contributed by atoms with Crippen molar-refractivity contribution in [1.82, 2.24) is 34.2 Å². The van der Waals surface area contributed by atoms with Crippen LogP contribution in [0.4, 0.5) is 0 Å². The molecule has 0 radical (unpaired) electrons. The number of hydrogen-bond donors (Lipinski definition) is 0. The molecule has 0 spiro atoms. The minimum absolute atomic E-state index is 0.0224. The van der Waals surface area contributed by atoms with Gasteiger partial charge in [-0.05, 0) is 32.8 Å². The smallest absolute Gasteiger partial charge is 0.163 e. The normalized spacial score (nSPS) is 18.2. The molecular weight excluding hydrogens is 406 g/mol. The van der Waals surface area contributed by atoms with Gasteiger partial charge in [0.15, 0.2) is 5.79 Å². The maximum absolute atomic E-state index is 5.91. The zero-order valence-corrected chi connectivity index (χ0v) is 19.0. The molecule has 5 heterocycles. The molecular formula is C23H29N7O2. The minimum atomic E-state index is -0.540. The van der Waals surface area contributed by atoms with Crippen molar-refractivity contribution in [1.29, 1.82) is 0 Å². The lowest BCUT2D eigenvalue weighted by Gasteiger charge is -2.16. The summed E-state index contributed by atoms with van der Waals surface area (Å²) in [6.07, 6.45) is 13.6. The lowest BCUT2D eigenvalue weighted by molar-refractivity contribution is -0.139. The van der Waals surface area contributed by atoms with Gasteiger partial charge < -0.3 is 9.47 Å². The first-order valence-corrected chi connectivity index (χ1v) is 11.2. The Morgan fingerprint density at radius 2 is 1.88 bits per heavy atom. The van der Waals surface area contributed by atoms with Crippen LogP contribution in [0.15, 0.2) is 43.2 Å². The van der Waals surface area contributed by atoms with E-state index in [0.717, 1.165) is 40.9 Å². The molecule has 0 bridgehead atoms. The van der Waals surface area contributed by atoms with E-state index in [1.165, 1.54) is 0 Å². The molecule has 4 aromatic heterocycles. The third kappa shape index (κ3) is 3.93. The van der Waals surface area contributed by atoms with E-state index in [9.17, 15) is 0 Å². The molecule has 0 aliphatic carbocycles. The summed E-state index contributed by atoms with van der Waals surface area (Å²) in [5.41, 5.74) is 4.52. The Kier molecular flexibility index (Phi) is 5.30. The van der Waals surface area contributed by atoms with Crippen LogP contribution in [0.2, 0.25) is 0 Å². The number of nitrogens with zero attached hydrogens (tertiary/aromatic N) is 7. The topological polar surface area (TPSA) is 84.3 Å². The molecule has 0 saturated carbocycles. The second-order valence-corrected chi connectivity index (χ2v) is 8.72. The van der Waals surface area contributed by atoms with Gasteiger partial charge >= 0.3 is 0 Å². The molecule has 9 heteroatoms. The third-order valence-electron chi connectivity index (χ3n) is 5.97. The van der Waals surface area contributed by atoms with Crippen LogP contribution >= 0.6 is 0 Å². The second kappa shape index (κ2) is 8.14. The van der Waals surface area contributed by atoms with Gasteiger partial charge in [0.05, 0.1) is 60.9 Å². The Labute approximate surface area is 187 Å². The molecule has 0 aromatic carbocycles. The summed E-state index contributed by atoms with van der Waals surface area (Å²) in [6.45, 7) is 9.41. The molecule has 5 rings (SSSR count). The molecule has 1 atom stereocenters. The van der Waals surface area contributed by atoms with E-state index in [2.05, 4.69) is 35.3 Å². The van der Waals surface area contributed by atoms with E-state index in [4.69, 9.17) is 14.5 Å². The first-order chi connectivity index (χ1) is 15.5. The largest absolute Gasteiger partial charge is 0.348 e. The predicted octanol–water partition coefficient (Wildman–Crippen LogP) is 3.97. The van der Waals surface area contributed by atoms with E-state index < -0.39 is 5.79 Å². The molecule has 1 fully saturated rings. The highest BCUT2D eigenvalue weighted by Crippen LogP contribution is 2.28. The van der Waals surface area contributed by atoms with E-state index in [1.807, 2.05) is 58.6 Å². The SMILES string of the molecule is CCC(CC)n1cc(-c2nc(-c3cnn(C[C@H]4COC(C)(C)O4)c3)cn3nccc23)cn1. The quantitative estimate of drug-likeness (QED) is 0.437. The van der Waals surface area contributed by atoms with Gasteiger partial charge in [0.1, 0.15) is 6.10 Å². The van der Waals surface area contributed by atoms with Gasteiger partial charge in [-0.1, -0.05) is 13.8 Å². The Bertz CT molecular complexity index is 1220. The Balaban J connectivity index is 1.46. The Morgan fingerprint density at radius 1 is 1.06 bits per heavy atom. The van der Waals surface area contributed by atoms with Crippen molar-refractivity contribution in [3.05, 3.63) is 43.2 Å². The van der Waals surface area contributed by atoms with Crippen molar-refractivity contribution in [3.63, 3.8) is 0 Å². The summed E-state index contributed by atoms with van der Waals surface area (Å²) in [5.74, 6) is -0.540. The summed E-state index contributed by atoms with van der Waals surface area (Å²) in [5, 5.41) is 13.6. The number of ether oxygens (including phenoxy) is 2. The van der Waals surface area contributed by atoms with Gasteiger partial charge in [-0.15, -0.1) is 0 Å². The van der Waals surface area contributed by atoms with Crippen LogP contribution in [0.1, 0.15) is 46.6 Å². The molecule has 0 amide bonds. The monoisotopic (exact) mass is 435 g/mol. The van der Waals surface area contributed by atoms with Crippen LogP contribution in [-0.2, 0) is 16.0 Å². The predicted molar refractivity (Wildman–Crippen MR) is 120 cm³/mol. The molecule has 168 valence electrons. The zero-order valence-electron chi connectivity index (χ0n) is 19.0. The van der Waals surface area contributed by atoms with Gasteiger partial charge in [-0.25, -0.2) is 9.50 Å². The molecule has 1 aliphatic rings. The fourth-order valence-corrected chi connectivity index (χ4v) is 4.26. The second-order valence-electron chi connectivity index (χ2n) is 8.72. The molecule has 32 heavy (non-hydrogen) atoms. The number of aromatic nitrogens is 7. The van der Waals surface area contributed by atoms with Crippen LogP contribution in [0.5, 0.6) is 0 Å². The number of hydrogen-bond acceptors (Lipinski definition) is 6. The lowest BCUT2D eigenvalue weighted by atomic mass is 10.1. The third-order valence-corrected chi connectivity index (χ3v) is 5.97. The van der Waals surface area contributed by atoms with Crippen molar-refractivity contribution in [2.75, 3.05) is 6.61 Å².